The minimum atomic E-state index is 0.126. The van der Waals surface area contributed by atoms with Gasteiger partial charge in [0.05, 0.1) is 23.9 Å². The molecule has 0 aliphatic heterocycles. The predicted octanol–water partition coefficient (Wildman–Crippen LogP) is 3.80. The molecule has 106 valence electrons. The van der Waals surface area contributed by atoms with E-state index in [9.17, 15) is 5.11 Å². The van der Waals surface area contributed by atoms with E-state index in [0.29, 0.717) is 23.5 Å². The van der Waals surface area contributed by atoms with Crippen molar-refractivity contribution in [2.24, 2.45) is 4.99 Å². The van der Waals surface area contributed by atoms with Gasteiger partial charge in [-0.2, -0.15) is 5.26 Å². The first-order valence-electron chi connectivity index (χ1n) is 6.73. The van der Waals surface area contributed by atoms with Crippen molar-refractivity contribution in [1.29, 1.82) is 5.26 Å². The SMILES string of the molecule is CCCOc1ccc(C=Nc2ccc(C#N)cc2)c(O)c1. The summed E-state index contributed by atoms with van der Waals surface area (Å²) in [6.07, 6.45) is 2.50. The topological polar surface area (TPSA) is 65.6 Å². The van der Waals surface area contributed by atoms with Crippen molar-refractivity contribution in [3.63, 3.8) is 0 Å². The molecule has 2 aromatic carbocycles. The summed E-state index contributed by atoms with van der Waals surface area (Å²) in [6.45, 7) is 2.65. The lowest BCUT2D eigenvalue weighted by Crippen LogP contribution is -1.95. The Bertz CT molecular complexity index is 670. The van der Waals surface area contributed by atoms with E-state index in [-0.39, 0.29) is 5.75 Å². The van der Waals surface area contributed by atoms with Crippen LogP contribution in [0.4, 0.5) is 5.69 Å². The van der Waals surface area contributed by atoms with Gasteiger partial charge in [0.15, 0.2) is 0 Å². The molecule has 1 N–H and O–H groups in total. The highest BCUT2D eigenvalue weighted by Gasteiger charge is 2.01. The van der Waals surface area contributed by atoms with E-state index < -0.39 is 0 Å². The fraction of sp³-hybridized carbons (Fsp3) is 0.176. The van der Waals surface area contributed by atoms with Gasteiger partial charge < -0.3 is 9.84 Å². The molecule has 0 spiro atoms. The lowest BCUT2D eigenvalue weighted by atomic mass is 10.2. The Labute approximate surface area is 124 Å². The summed E-state index contributed by atoms with van der Waals surface area (Å²) in [5, 5.41) is 18.7. The van der Waals surface area contributed by atoms with Gasteiger partial charge in [0, 0.05) is 17.8 Å². The molecule has 0 amide bonds. The summed E-state index contributed by atoms with van der Waals surface area (Å²) in [4.78, 5) is 4.27. The summed E-state index contributed by atoms with van der Waals surface area (Å²) in [5.41, 5.74) is 1.93. The molecule has 0 bridgehead atoms. The second-order valence-corrected chi connectivity index (χ2v) is 4.49. The zero-order chi connectivity index (χ0) is 15.1. The van der Waals surface area contributed by atoms with E-state index in [1.165, 1.54) is 0 Å². The fourth-order valence-electron chi connectivity index (χ4n) is 1.71. The first-order chi connectivity index (χ1) is 10.2. The van der Waals surface area contributed by atoms with E-state index in [2.05, 4.69) is 11.1 Å². The van der Waals surface area contributed by atoms with E-state index in [1.54, 1.807) is 48.7 Å². The Morgan fingerprint density at radius 3 is 2.62 bits per heavy atom. The molecule has 0 saturated carbocycles. The molecular weight excluding hydrogens is 264 g/mol. The summed E-state index contributed by atoms with van der Waals surface area (Å²) in [7, 11) is 0. The lowest BCUT2D eigenvalue weighted by molar-refractivity contribution is 0.315. The summed E-state index contributed by atoms with van der Waals surface area (Å²) >= 11 is 0. The van der Waals surface area contributed by atoms with E-state index in [0.717, 1.165) is 12.1 Å². The molecular formula is C17H16N2O2. The monoisotopic (exact) mass is 280 g/mol. The normalized spacial score (nSPS) is 10.5. The van der Waals surface area contributed by atoms with E-state index in [1.807, 2.05) is 6.92 Å². The van der Waals surface area contributed by atoms with Crippen molar-refractivity contribution in [1.82, 2.24) is 0 Å². The smallest absolute Gasteiger partial charge is 0.128 e. The maximum atomic E-state index is 9.94. The van der Waals surface area contributed by atoms with Crippen molar-refractivity contribution in [3.05, 3.63) is 53.6 Å². The number of rotatable bonds is 5. The third-order valence-corrected chi connectivity index (χ3v) is 2.82. The van der Waals surface area contributed by atoms with Crippen LogP contribution in [-0.4, -0.2) is 17.9 Å². The van der Waals surface area contributed by atoms with Crippen molar-refractivity contribution in [2.75, 3.05) is 6.61 Å². The molecule has 21 heavy (non-hydrogen) atoms. The largest absolute Gasteiger partial charge is 0.507 e. The number of hydrogen-bond acceptors (Lipinski definition) is 4. The van der Waals surface area contributed by atoms with Gasteiger partial charge in [-0.25, -0.2) is 0 Å². The fourth-order valence-corrected chi connectivity index (χ4v) is 1.71. The highest BCUT2D eigenvalue weighted by molar-refractivity contribution is 5.85. The molecule has 0 unspecified atom stereocenters. The summed E-state index contributed by atoms with van der Waals surface area (Å²) in [6, 6.07) is 14.1. The van der Waals surface area contributed by atoms with Crippen LogP contribution < -0.4 is 4.74 Å². The number of nitrogens with zero attached hydrogens (tertiary/aromatic N) is 2. The van der Waals surface area contributed by atoms with Crippen molar-refractivity contribution < 1.29 is 9.84 Å². The first-order valence-corrected chi connectivity index (χ1v) is 6.73. The lowest BCUT2D eigenvalue weighted by Gasteiger charge is -2.06. The molecule has 0 saturated heterocycles. The summed E-state index contributed by atoms with van der Waals surface area (Å²) in [5.74, 6) is 0.769. The Morgan fingerprint density at radius 1 is 1.24 bits per heavy atom. The van der Waals surface area contributed by atoms with Crippen LogP contribution in [0.1, 0.15) is 24.5 Å². The second-order valence-electron chi connectivity index (χ2n) is 4.49. The maximum Gasteiger partial charge on any atom is 0.128 e. The van der Waals surface area contributed by atoms with Crippen molar-refractivity contribution in [3.8, 4) is 17.6 Å². The Balaban J connectivity index is 2.11. The van der Waals surface area contributed by atoms with Crippen LogP contribution in [0.15, 0.2) is 47.5 Å². The minimum Gasteiger partial charge on any atom is -0.507 e. The van der Waals surface area contributed by atoms with Crippen LogP contribution in [0.25, 0.3) is 0 Å². The molecule has 0 heterocycles. The summed E-state index contributed by atoms with van der Waals surface area (Å²) < 4.78 is 5.44. The molecule has 0 aliphatic carbocycles. The van der Waals surface area contributed by atoms with Crippen LogP contribution in [0, 0.1) is 11.3 Å². The van der Waals surface area contributed by atoms with Gasteiger partial charge in [-0.15, -0.1) is 0 Å². The van der Waals surface area contributed by atoms with Gasteiger partial charge in [0.2, 0.25) is 0 Å². The molecule has 4 heteroatoms. The third-order valence-electron chi connectivity index (χ3n) is 2.82. The number of phenolic OH excluding ortho intramolecular Hbond substituents is 1. The third kappa shape index (κ3) is 4.08. The Kier molecular flexibility index (Phi) is 4.94. The standard InChI is InChI=1S/C17H16N2O2/c1-2-9-21-16-8-5-14(17(20)10-16)12-19-15-6-3-13(11-18)4-7-15/h3-8,10,12,20H,2,9H2,1H3. The zero-order valence-electron chi connectivity index (χ0n) is 11.8. The molecule has 0 radical (unpaired) electrons. The quantitative estimate of drug-likeness (QED) is 0.847. The predicted molar refractivity (Wildman–Crippen MR) is 82.3 cm³/mol. The van der Waals surface area contributed by atoms with Gasteiger partial charge >= 0.3 is 0 Å². The van der Waals surface area contributed by atoms with Crippen LogP contribution in [0.2, 0.25) is 0 Å². The maximum absolute atomic E-state index is 9.94. The Hall–Kier alpha value is -2.80. The van der Waals surface area contributed by atoms with Crippen LogP contribution in [0.5, 0.6) is 11.5 Å². The van der Waals surface area contributed by atoms with Gasteiger partial charge in [0.25, 0.3) is 0 Å². The average Bonchev–Trinajstić information content (AvgIpc) is 2.52. The molecule has 2 aromatic rings. The number of aromatic hydroxyl groups is 1. The number of ether oxygens (including phenoxy) is 1. The van der Waals surface area contributed by atoms with Gasteiger partial charge in [-0.05, 0) is 42.8 Å². The van der Waals surface area contributed by atoms with Crippen LogP contribution in [-0.2, 0) is 0 Å². The Morgan fingerprint density at radius 2 is 2.00 bits per heavy atom. The van der Waals surface area contributed by atoms with Crippen LogP contribution >= 0.6 is 0 Å². The van der Waals surface area contributed by atoms with Gasteiger partial charge in [0.1, 0.15) is 11.5 Å². The minimum absolute atomic E-state index is 0.126. The molecule has 0 atom stereocenters. The van der Waals surface area contributed by atoms with Gasteiger partial charge in [-0.1, -0.05) is 6.92 Å². The molecule has 0 aliphatic rings. The number of aliphatic imine (C=N–C) groups is 1. The number of benzene rings is 2. The molecule has 2 rings (SSSR count). The number of nitriles is 1. The van der Waals surface area contributed by atoms with E-state index in [4.69, 9.17) is 10.00 Å². The highest BCUT2D eigenvalue weighted by Crippen LogP contribution is 2.23. The first kappa shape index (κ1) is 14.6. The molecule has 0 fully saturated rings. The second kappa shape index (κ2) is 7.11. The zero-order valence-corrected chi connectivity index (χ0v) is 11.8. The molecule has 4 nitrogen and oxygen atoms in total. The highest BCUT2D eigenvalue weighted by atomic mass is 16.5. The average molecular weight is 280 g/mol. The van der Waals surface area contributed by atoms with Crippen molar-refractivity contribution >= 4 is 11.9 Å². The van der Waals surface area contributed by atoms with Crippen LogP contribution in [0.3, 0.4) is 0 Å². The van der Waals surface area contributed by atoms with E-state index >= 15 is 0 Å². The van der Waals surface area contributed by atoms with Crippen molar-refractivity contribution in [2.45, 2.75) is 13.3 Å². The van der Waals surface area contributed by atoms with Gasteiger partial charge in [-0.3, -0.25) is 4.99 Å². The number of hydrogen-bond donors (Lipinski definition) is 1. The number of phenols is 1. The molecule has 0 aromatic heterocycles.